The van der Waals surface area contributed by atoms with Gasteiger partial charge in [0.25, 0.3) is 5.69 Å². The van der Waals surface area contributed by atoms with Crippen LogP contribution in [0.25, 0.3) is 0 Å². The van der Waals surface area contributed by atoms with E-state index in [4.69, 9.17) is 16.3 Å². The van der Waals surface area contributed by atoms with Gasteiger partial charge in [-0.1, -0.05) is 17.7 Å². The molecule has 3 rings (SSSR count). The molecule has 9 heteroatoms. The molecule has 0 radical (unpaired) electrons. The first-order valence-corrected chi connectivity index (χ1v) is 8.88. The third kappa shape index (κ3) is 3.77. The summed E-state index contributed by atoms with van der Waals surface area (Å²) in [4.78, 5) is 37.2. The number of nitrogens with zero attached hydrogens (tertiary/aromatic N) is 2. The quantitative estimate of drug-likeness (QED) is 0.607. The van der Waals surface area contributed by atoms with Crippen LogP contribution in [-0.4, -0.2) is 30.4 Å². The van der Waals surface area contributed by atoms with E-state index in [1.54, 1.807) is 31.2 Å². The highest BCUT2D eigenvalue weighted by atomic mass is 35.5. The average molecular weight is 404 g/mol. The molecule has 1 heterocycles. The van der Waals surface area contributed by atoms with E-state index in [-0.39, 0.29) is 30.5 Å². The van der Waals surface area contributed by atoms with Gasteiger partial charge < -0.3 is 15.0 Å². The molecule has 1 aliphatic rings. The minimum absolute atomic E-state index is 0.0233. The Morgan fingerprint density at radius 3 is 2.79 bits per heavy atom. The monoisotopic (exact) mass is 403 g/mol. The van der Waals surface area contributed by atoms with Crippen molar-refractivity contribution in [3.63, 3.8) is 0 Å². The lowest BCUT2D eigenvalue weighted by Gasteiger charge is -2.20. The van der Waals surface area contributed by atoms with Crippen LogP contribution in [0.1, 0.15) is 12.0 Å². The number of amides is 2. The lowest BCUT2D eigenvalue weighted by Crippen LogP contribution is -2.28. The van der Waals surface area contributed by atoms with Crippen LogP contribution in [0.5, 0.6) is 5.75 Å². The molecular weight excluding hydrogens is 386 g/mol. The predicted octanol–water partition coefficient (Wildman–Crippen LogP) is 3.56. The highest BCUT2D eigenvalue weighted by Gasteiger charge is 2.36. The Morgan fingerprint density at radius 1 is 1.36 bits per heavy atom. The molecule has 0 aliphatic carbocycles. The van der Waals surface area contributed by atoms with Crippen molar-refractivity contribution in [3.8, 4) is 5.75 Å². The Kier molecular flexibility index (Phi) is 5.51. The van der Waals surface area contributed by atoms with Crippen LogP contribution in [0.15, 0.2) is 36.4 Å². The standard InChI is InChI=1S/C19H18ClN3O5/c1-11-14(4-3-5-15(11)23(26)27)21-19(25)12-8-18(24)22(10-12)16-9-13(20)6-7-17(16)28-2/h3-7,9,12H,8,10H2,1-2H3,(H,21,25). The van der Waals surface area contributed by atoms with Crippen LogP contribution in [0.4, 0.5) is 17.1 Å². The van der Waals surface area contributed by atoms with Gasteiger partial charge in [0, 0.05) is 24.1 Å². The zero-order chi connectivity index (χ0) is 20.4. The van der Waals surface area contributed by atoms with Crippen molar-refractivity contribution in [1.82, 2.24) is 0 Å². The Balaban J connectivity index is 1.79. The first-order valence-electron chi connectivity index (χ1n) is 8.50. The summed E-state index contributed by atoms with van der Waals surface area (Å²) in [6.07, 6.45) is 0.0233. The summed E-state index contributed by atoms with van der Waals surface area (Å²) >= 11 is 6.04. The zero-order valence-electron chi connectivity index (χ0n) is 15.3. The van der Waals surface area contributed by atoms with Crippen molar-refractivity contribution in [3.05, 3.63) is 57.1 Å². The van der Waals surface area contributed by atoms with Gasteiger partial charge in [0.1, 0.15) is 5.75 Å². The molecule has 2 amide bonds. The molecule has 0 saturated carbocycles. The van der Waals surface area contributed by atoms with Crippen molar-refractivity contribution in [1.29, 1.82) is 0 Å². The van der Waals surface area contributed by atoms with Gasteiger partial charge in [-0.3, -0.25) is 19.7 Å². The highest BCUT2D eigenvalue weighted by Crippen LogP contribution is 2.35. The van der Waals surface area contributed by atoms with Crippen LogP contribution in [0, 0.1) is 23.0 Å². The van der Waals surface area contributed by atoms with E-state index < -0.39 is 10.8 Å². The Labute approximate surface area is 166 Å². The topological polar surface area (TPSA) is 102 Å². The first-order chi connectivity index (χ1) is 13.3. The SMILES string of the molecule is COc1ccc(Cl)cc1N1CC(C(=O)Nc2cccc([N+](=O)[O-])c2C)CC1=O. The molecule has 1 fully saturated rings. The number of halogens is 1. The highest BCUT2D eigenvalue weighted by molar-refractivity contribution is 6.31. The number of methoxy groups -OCH3 is 1. The van der Waals surface area contributed by atoms with Crippen molar-refractivity contribution in [2.45, 2.75) is 13.3 Å². The second kappa shape index (κ2) is 7.85. The molecule has 28 heavy (non-hydrogen) atoms. The fraction of sp³-hybridized carbons (Fsp3) is 0.263. The molecular formula is C19H18ClN3O5. The maximum atomic E-state index is 12.7. The number of nitrogens with one attached hydrogen (secondary N) is 1. The second-order valence-electron chi connectivity index (χ2n) is 6.42. The maximum Gasteiger partial charge on any atom is 0.274 e. The van der Waals surface area contributed by atoms with Gasteiger partial charge in [0.2, 0.25) is 11.8 Å². The van der Waals surface area contributed by atoms with Gasteiger partial charge in [0.15, 0.2) is 0 Å². The van der Waals surface area contributed by atoms with E-state index in [1.165, 1.54) is 24.1 Å². The van der Waals surface area contributed by atoms with E-state index in [0.717, 1.165) is 0 Å². The van der Waals surface area contributed by atoms with Gasteiger partial charge in [-0.25, -0.2) is 0 Å². The minimum atomic E-state index is -0.602. The van der Waals surface area contributed by atoms with Crippen molar-refractivity contribution < 1.29 is 19.2 Å². The fourth-order valence-electron chi connectivity index (χ4n) is 3.18. The maximum absolute atomic E-state index is 12.7. The number of hydrogen-bond donors (Lipinski definition) is 1. The average Bonchev–Trinajstić information content (AvgIpc) is 3.04. The summed E-state index contributed by atoms with van der Waals surface area (Å²) in [5.41, 5.74) is 1.14. The smallest absolute Gasteiger partial charge is 0.274 e. The lowest BCUT2D eigenvalue weighted by molar-refractivity contribution is -0.385. The van der Waals surface area contributed by atoms with Crippen molar-refractivity contribution in [2.24, 2.45) is 5.92 Å². The summed E-state index contributed by atoms with van der Waals surface area (Å²) < 4.78 is 5.29. The van der Waals surface area contributed by atoms with Crippen LogP contribution >= 0.6 is 11.6 Å². The molecule has 1 aliphatic heterocycles. The largest absolute Gasteiger partial charge is 0.495 e. The predicted molar refractivity (Wildman–Crippen MR) is 105 cm³/mol. The van der Waals surface area contributed by atoms with Crippen LogP contribution in [0.2, 0.25) is 5.02 Å². The number of nitro benzene ring substituents is 1. The summed E-state index contributed by atoms with van der Waals surface area (Å²) in [6, 6.07) is 9.39. The molecule has 1 unspecified atom stereocenters. The second-order valence-corrected chi connectivity index (χ2v) is 6.85. The molecule has 146 valence electrons. The number of benzene rings is 2. The third-order valence-electron chi connectivity index (χ3n) is 4.69. The molecule has 0 bridgehead atoms. The Morgan fingerprint density at radius 2 is 2.11 bits per heavy atom. The normalized spacial score (nSPS) is 16.2. The molecule has 1 N–H and O–H groups in total. The van der Waals surface area contributed by atoms with E-state index in [9.17, 15) is 19.7 Å². The van der Waals surface area contributed by atoms with E-state index >= 15 is 0 Å². The number of ether oxygens (including phenoxy) is 1. The van der Waals surface area contributed by atoms with Gasteiger partial charge in [-0.15, -0.1) is 0 Å². The number of nitro groups is 1. The number of anilines is 2. The molecule has 8 nitrogen and oxygen atoms in total. The Bertz CT molecular complexity index is 963. The fourth-order valence-corrected chi connectivity index (χ4v) is 3.35. The van der Waals surface area contributed by atoms with E-state index in [0.29, 0.717) is 27.7 Å². The van der Waals surface area contributed by atoms with Gasteiger partial charge >= 0.3 is 0 Å². The number of rotatable bonds is 5. The third-order valence-corrected chi connectivity index (χ3v) is 4.92. The molecule has 2 aromatic rings. The number of carbonyl (C=O) groups excluding carboxylic acids is 2. The zero-order valence-corrected chi connectivity index (χ0v) is 16.0. The van der Waals surface area contributed by atoms with Crippen molar-refractivity contribution in [2.75, 3.05) is 23.9 Å². The summed E-state index contributed by atoms with van der Waals surface area (Å²) in [5.74, 6) is -0.722. The van der Waals surface area contributed by atoms with Gasteiger partial charge in [-0.05, 0) is 31.2 Å². The molecule has 0 spiro atoms. The molecule has 1 atom stereocenters. The van der Waals surface area contributed by atoms with Crippen LogP contribution in [0.3, 0.4) is 0 Å². The summed E-state index contributed by atoms with van der Waals surface area (Å²) in [6.45, 7) is 1.73. The van der Waals surface area contributed by atoms with E-state index in [2.05, 4.69) is 5.32 Å². The summed E-state index contributed by atoms with van der Waals surface area (Å²) in [7, 11) is 1.49. The first kappa shape index (κ1) is 19.6. The number of carbonyl (C=O) groups is 2. The molecule has 1 saturated heterocycles. The van der Waals surface area contributed by atoms with E-state index in [1.807, 2.05) is 0 Å². The number of hydrogen-bond acceptors (Lipinski definition) is 5. The van der Waals surface area contributed by atoms with Gasteiger partial charge in [0.05, 0.1) is 34.9 Å². The molecule has 0 aromatic heterocycles. The molecule has 2 aromatic carbocycles. The van der Waals surface area contributed by atoms with Crippen LogP contribution in [-0.2, 0) is 9.59 Å². The lowest BCUT2D eigenvalue weighted by atomic mass is 10.1. The Hall–Kier alpha value is -3.13. The van der Waals surface area contributed by atoms with Crippen LogP contribution < -0.4 is 15.0 Å². The van der Waals surface area contributed by atoms with Gasteiger partial charge in [-0.2, -0.15) is 0 Å². The summed E-state index contributed by atoms with van der Waals surface area (Å²) in [5, 5.41) is 14.2. The minimum Gasteiger partial charge on any atom is -0.495 e. The van der Waals surface area contributed by atoms with Crippen molar-refractivity contribution >= 4 is 40.5 Å².